The Morgan fingerprint density at radius 2 is 1.68 bits per heavy atom. The van der Waals surface area contributed by atoms with Gasteiger partial charge < -0.3 is 5.11 Å². The first-order chi connectivity index (χ1) is 10.3. The fraction of sp³-hybridized carbons (Fsp3) is 0.333. The van der Waals surface area contributed by atoms with Crippen molar-refractivity contribution in [2.75, 3.05) is 0 Å². The minimum atomic E-state index is -4.39. The van der Waals surface area contributed by atoms with Gasteiger partial charge in [0.15, 0.2) is 0 Å². The van der Waals surface area contributed by atoms with Crippen molar-refractivity contribution in [1.82, 2.24) is 4.90 Å². The largest absolute Gasteiger partial charge is 0.389 e. The average molecular weight is 313 g/mol. The maximum absolute atomic E-state index is 12.3. The van der Waals surface area contributed by atoms with Gasteiger partial charge in [0, 0.05) is 12.3 Å². The molecule has 1 N–H and O–H groups in total. The quantitative estimate of drug-likeness (QED) is 0.672. The maximum Gasteiger partial charge on any atom is 0.389 e. The van der Waals surface area contributed by atoms with Crippen LogP contribution in [0.4, 0.5) is 13.2 Å². The molecule has 0 radical (unpaired) electrons. The summed E-state index contributed by atoms with van der Waals surface area (Å²) in [5, 5.41) is 10.2. The van der Waals surface area contributed by atoms with Crippen LogP contribution >= 0.6 is 0 Å². The summed E-state index contributed by atoms with van der Waals surface area (Å²) in [5.41, 5.74) is 0.260. The van der Waals surface area contributed by atoms with Crippen molar-refractivity contribution in [3.05, 3.63) is 48.0 Å². The first-order valence-corrected chi connectivity index (χ1v) is 6.60. The van der Waals surface area contributed by atoms with Crippen LogP contribution < -0.4 is 0 Å². The lowest BCUT2D eigenvalue weighted by atomic mass is 10.0. The Bertz CT molecular complexity index is 577. The van der Waals surface area contributed by atoms with Gasteiger partial charge in [-0.25, -0.2) is 4.90 Å². The van der Waals surface area contributed by atoms with E-state index < -0.39 is 43.0 Å². The molecule has 0 spiro atoms. The number of imide groups is 1. The number of alkyl halides is 3. The molecule has 0 saturated heterocycles. The highest BCUT2D eigenvalue weighted by atomic mass is 19.4. The van der Waals surface area contributed by atoms with Crippen molar-refractivity contribution in [3.63, 3.8) is 0 Å². The molecule has 2 atom stereocenters. The van der Waals surface area contributed by atoms with Crippen LogP contribution in [0.2, 0.25) is 0 Å². The zero-order valence-electron chi connectivity index (χ0n) is 11.5. The molecule has 0 saturated carbocycles. The van der Waals surface area contributed by atoms with Crippen molar-refractivity contribution in [1.29, 1.82) is 0 Å². The Kier molecular flexibility index (Phi) is 4.37. The molecule has 22 heavy (non-hydrogen) atoms. The molecular formula is C15H14F3NO3. The number of rotatable bonds is 5. The number of fused-ring (bicyclic) bond motifs is 1. The van der Waals surface area contributed by atoms with E-state index in [1.54, 1.807) is 12.1 Å². The summed E-state index contributed by atoms with van der Waals surface area (Å²) in [5.74, 6) is -2.48. The lowest BCUT2D eigenvalue weighted by molar-refractivity contribution is -0.139. The first kappa shape index (κ1) is 16.2. The zero-order valence-corrected chi connectivity index (χ0v) is 11.5. The lowest BCUT2D eigenvalue weighted by Gasteiger charge is -2.27. The third kappa shape index (κ3) is 3.04. The van der Waals surface area contributed by atoms with E-state index in [-0.39, 0.29) is 11.1 Å². The van der Waals surface area contributed by atoms with Gasteiger partial charge in [-0.05, 0) is 18.6 Å². The van der Waals surface area contributed by atoms with E-state index in [0.717, 1.165) is 6.08 Å². The van der Waals surface area contributed by atoms with Crippen LogP contribution in [0.3, 0.4) is 0 Å². The van der Waals surface area contributed by atoms with Crippen LogP contribution in [0.1, 0.15) is 33.6 Å². The van der Waals surface area contributed by atoms with Crippen LogP contribution in [0.5, 0.6) is 0 Å². The monoisotopic (exact) mass is 313 g/mol. The zero-order chi connectivity index (χ0) is 16.5. The molecule has 118 valence electrons. The summed E-state index contributed by atoms with van der Waals surface area (Å²) in [6, 6.07) is 5.99. The normalized spacial score (nSPS) is 17.4. The molecule has 0 aromatic heterocycles. The van der Waals surface area contributed by atoms with Gasteiger partial charge in [0.1, 0.15) is 6.23 Å². The van der Waals surface area contributed by atoms with Crippen molar-refractivity contribution >= 4 is 11.8 Å². The standard InChI is InChI=1S/C15H14F3NO3/c1-2-9(7-8-15(16,17)18)12(20)19-13(21)10-5-3-4-6-11(10)14(19)22/h2-6,9,12,20H,1,7-8H2/t9-,12+/m1/s1. The van der Waals surface area contributed by atoms with Crippen LogP contribution in [-0.4, -0.2) is 34.2 Å². The summed E-state index contributed by atoms with van der Waals surface area (Å²) < 4.78 is 36.9. The molecule has 1 heterocycles. The Balaban J connectivity index is 2.19. The number of amides is 2. The minimum Gasteiger partial charge on any atom is -0.372 e. The van der Waals surface area contributed by atoms with Crippen molar-refractivity contribution in [3.8, 4) is 0 Å². The van der Waals surface area contributed by atoms with Gasteiger partial charge in [0.25, 0.3) is 11.8 Å². The number of hydrogen-bond donors (Lipinski definition) is 1. The number of carbonyl (C=O) groups excluding carboxylic acids is 2. The molecule has 1 aliphatic heterocycles. The number of carbonyl (C=O) groups is 2. The molecule has 4 nitrogen and oxygen atoms in total. The van der Waals surface area contributed by atoms with Gasteiger partial charge in [-0.3, -0.25) is 9.59 Å². The predicted molar refractivity (Wildman–Crippen MR) is 71.9 cm³/mol. The van der Waals surface area contributed by atoms with Gasteiger partial charge in [-0.1, -0.05) is 18.2 Å². The Labute approximate surface area is 124 Å². The minimum absolute atomic E-state index is 0.130. The molecule has 1 aliphatic rings. The molecule has 2 rings (SSSR count). The van der Waals surface area contributed by atoms with Crippen molar-refractivity contribution < 1.29 is 27.9 Å². The molecule has 0 fully saturated rings. The van der Waals surface area contributed by atoms with Crippen LogP contribution in [0.15, 0.2) is 36.9 Å². The number of aliphatic hydroxyl groups is 1. The van der Waals surface area contributed by atoms with Crippen LogP contribution in [-0.2, 0) is 0 Å². The second kappa shape index (κ2) is 5.92. The third-order valence-electron chi connectivity index (χ3n) is 3.54. The smallest absolute Gasteiger partial charge is 0.372 e. The number of nitrogens with zero attached hydrogens (tertiary/aromatic N) is 1. The summed E-state index contributed by atoms with van der Waals surface area (Å²) >= 11 is 0. The summed E-state index contributed by atoms with van der Waals surface area (Å²) in [6.45, 7) is 3.38. The molecule has 0 bridgehead atoms. The fourth-order valence-corrected chi connectivity index (χ4v) is 2.36. The SMILES string of the molecule is C=C[C@H](CCC(F)(F)F)[C@H](O)N1C(=O)c2ccccc2C1=O. The summed E-state index contributed by atoms with van der Waals surface area (Å²) in [6.07, 6.45) is -6.53. The highest BCUT2D eigenvalue weighted by Gasteiger charge is 2.42. The second-order valence-electron chi connectivity index (χ2n) is 4.99. The maximum atomic E-state index is 12.3. The van der Waals surface area contributed by atoms with E-state index in [1.165, 1.54) is 12.1 Å². The van der Waals surface area contributed by atoms with Crippen molar-refractivity contribution in [2.24, 2.45) is 5.92 Å². The highest BCUT2D eigenvalue weighted by molar-refractivity contribution is 6.21. The Hall–Kier alpha value is -2.15. The first-order valence-electron chi connectivity index (χ1n) is 6.60. The number of hydrogen-bond acceptors (Lipinski definition) is 3. The topological polar surface area (TPSA) is 57.6 Å². The Morgan fingerprint density at radius 3 is 2.09 bits per heavy atom. The van der Waals surface area contributed by atoms with Crippen LogP contribution in [0, 0.1) is 5.92 Å². The van der Waals surface area contributed by atoms with E-state index in [9.17, 15) is 27.9 Å². The summed E-state index contributed by atoms with van der Waals surface area (Å²) in [7, 11) is 0. The van der Waals surface area contributed by atoms with E-state index in [4.69, 9.17) is 0 Å². The molecule has 0 aliphatic carbocycles. The number of benzene rings is 1. The van der Waals surface area contributed by atoms with E-state index in [1.807, 2.05) is 0 Å². The van der Waals surface area contributed by atoms with E-state index in [2.05, 4.69) is 6.58 Å². The molecule has 1 aromatic rings. The van der Waals surface area contributed by atoms with Gasteiger partial charge in [-0.2, -0.15) is 13.2 Å². The van der Waals surface area contributed by atoms with Gasteiger partial charge in [0.2, 0.25) is 0 Å². The molecule has 2 amide bonds. The molecular weight excluding hydrogens is 299 g/mol. The van der Waals surface area contributed by atoms with E-state index in [0.29, 0.717) is 4.90 Å². The fourth-order valence-electron chi connectivity index (χ4n) is 2.36. The predicted octanol–water partition coefficient (Wildman–Crippen LogP) is 2.75. The third-order valence-corrected chi connectivity index (χ3v) is 3.54. The second-order valence-corrected chi connectivity index (χ2v) is 4.99. The lowest BCUT2D eigenvalue weighted by Crippen LogP contribution is -2.44. The van der Waals surface area contributed by atoms with Gasteiger partial charge in [0.05, 0.1) is 11.1 Å². The molecule has 1 aromatic carbocycles. The Morgan fingerprint density at radius 1 is 1.18 bits per heavy atom. The number of aliphatic hydroxyl groups excluding tert-OH is 1. The van der Waals surface area contributed by atoms with Crippen molar-refractivity contribution in [2.45, 2.75) is 25.2 Å². The van der Waals surface area contributed by atoms with Gasteiger partial charge >= 0.3 is 6.18 Å². The molecule has 7 heteroatoms. The van der Waals surface area contributed by atoms with Gasteiger partial charge in [-0.15, -0.1) is 6.58 Å². The molecule has 0 unspecified atom stereocenters. The van der Waals surface area contributed by atoms with E-state index >= 15 is 0 Å². The van der Waals surface area contributed by atoms with Crippen LogP contribution in [0.25, 0.3) is 0 Å². The number of halogens is 3. The summed E-state index contributed by atoms with van der Waals surface area (Å²) in [4.78, 5) is 24.9. The average Bonchev–Trinajstić information content (AvgIpc) is 2.71. The highest BCUT2D eigenvalue weighted by Crippen LogP contribution is 2.30.